The summed E-state index contributed by atoms with van der Waals surface area (Å²) < 4.78 is 23.6. The van der Waals surface area contributed by atoms with Crippen LogP contribution in [0, 0.1) is 0 Å². The maximum atomic E-state index is 11.8. The van der Waals surface area contributed by atoms with Crippen LogP contribution in [0.1, 0.15) is 0 Å². The highest BCUT2D eigenvalue weighted by atomic mass is 35.5. The predicted molar refractivity (Wildman–Crippen MR) is 74.7 cm³/mol. The van der Waals surface area contributed by atoms with Crippen LogP contribution in [0.3, 0.4) is 0 Å². The number of hydrogen-bond donors (Lipinski definition) is 0. The molecule has 0 spiro atoms. The van der Waals surface area contributed by atoms with E-state index in [9.17, 15) is 8.42 Å². The first kappa shape index (κ1) is 13.3. The maximum absolute atomic E-state index is 11.8. The molecule has 2 aromatic rings. The van der Waals surface area contributed by atoms with E-state index in [0.29, 0.717) is 10.8 Å². The van der Waals surface area contributed by atoms with E-state index in [1.807, 2.05) is 5.38 Å². The fraction of sp³-hybridized carbons (Fsp3) is 0.182. The molecule has 0 unspecified atom stereocenters. The SMILES string of the molecule is CN(c1nccs1)c1cccc(Cl)c1S(C)(=O)=O. The third-order valence-corrected chi connectivity index (χ3v) is 4.83. The summed E-state index contributed by atoms with van der Waals surface area (Å²) in [4.78, 5) is 6.00. The van der Waals surface area contributed by atoms with E-state index in [4.69, 9.17) is 11.6 Å². The molecule has 0 atom stereocenters. The van der Waals surface area contributed by atoms with Gasteiger partial charge in [-0.15, -0.1) is 11.3 Å². The summed E-state index contributed by atoms with van der Waals surface area (Å²) in [5, 5.41) is 2.76. The zero-order valence-electron chi connectivity index (χ0n) is 9.79. The number of anilines is 2. The molecule has 0 aliphatic heterocycles. The fourth-order valence-electron chi connectivity index (χ4n) is 1.61. The molecule has 0 fully saturated rings. The van der Waals surface area contributed by atoms with Crippen LogP contribution in [0.25, 0.3) is 0 Å². The van der Waals surface area contributed by atoms with Gasteiger partial charge >= 0.3 is 0 Å². The van der Waals surface area contributed by atoms with Crippen LogP contribution in [0.15, 0.2) is 34.7 Å². The molecule has 1 aromatic heterocycles. The van der Waals surface area contributed by atoms with Gasteiger partial charge in [0, 0.05) is 24.9 Å². The molecule has 96 valence electrons. The van der Waals surface area contributed by atoms with Crippen LogP contribution in [0.5, 0.6) is 0 Å². The molecule has 0 radical (unpaired) electrons. The van der Waals surface area contributed by atoms with Gasteiger partial charge < -0.3 is 4.90 Å². The molecule has 0 bridgehead atoms. The molecule has 2 rings (SSSR count). The van der Waals surface area contributed by atoms with E-state index >= 15 is 0 Å². The Morgan fingerprint density at radius 2 is 2.11 bits per heavy atom. The molecule has 7 heteroatoms. The number of benzene rings is 1. The Kier molecular flexibility index (Phi) is 3.61. The molecule has 18 heavy (non-hydrogen) atoms. The Bertz CT molecular complexity index is 654. The summed E-state index contributed by atoms with van der Waals surface area (Å²) in [6, 6.07) is 5.00. The van der Waals surface area contributed by atoms with Gasteiger partial charge in [0.15, 0.2) is 15.0 Å². The largest absolute Gasteiger partial charge is 0.320 e. The van der Waals surface area contributed by atoms with Crippen LogP contribution in [0.2, 0.25) is 5.02 Å². The maximum Gasteiger partial charge on any atom is 0.189 e. The molecular formula is C11H11ClN2O2S2. The lowest BCUT2D eigenvalue weighted by Gasteiger charge is -2.19. The molecule has 0 N–H and O–H groups in total. The number of nitrogens with zero attached hydrogens (tertiary/aromatic N) is 2. The molecule has 1 heterocycles. The van der Waals surface area contributed by atoms with E-state index in [-0.39, 0.29) is 9.92 Å². The van der Waals surface area contributed by atoms with Crippen LogP contribution in [-0.2, 0) is 9.84 Å². The third-order valence-electron chi connectivity index (χ3n) is 2.38. The van der Waals surface area contributed by atoms with Gasteiger partial charge in [-0.3, -0.25) is 0 Å². The molecule has 0 saturated heterocycles. The van der Waals surface area contributed by atoms with Crippen molar-refractivity contribution in [2.24, 2.45) is 0 Å². The summed E-state index contributed by atoms with van der Waals surface area (Å²) >= 11 is 7.42. The van der Waals surface area contributed by atoms with E-state index in [2.05, 4.69) is 4.98 Å². The van der Waals surface area contributed by atoms with Crippen molar-refractivity contribution in [2.75, 3.05) is 18.2 Å². The number of sulfone groups is 1. The van der Waals surface area contributed by atoms with Crippen molar-refractivity contribution in [1.29, 1.82) is 0 Å². The standard InChI is InChI=1S/C11H11ClN2O2S2/c1-14(11-13-6-7-17-11)9-5-3-4-8(12)10(9)18(2,15)16/h3-7H,1-2H3. The number of rotatable bonds is 3. The average molecular weight is 303 g/mol. The minimum Gasteiger partial charge on any atom is -0.320 e. The third kappa shape index (κ3) is 2.50. The predicted octanol–water partition coefficient (Wildman–Crippen LogP) is 2.97. The Morgan fingerprint density at radius 3 is 2.67 bits per heavy atom. The van der Waals surface area contributed by atoms with Crippen molar-refractivity contribution in [3.05, 3.63) is 34.8 Å². The highest BCUT2D eigenvalue weighted by Crippen LogP contribution is 2.35. The molecule has 0 amide bonds. The van der Waals surface area contributed by atoms with Crippen molar-refractivity contribution in [3.63, 3.8) is 0 Å². The molecule has 1 aromatic carbocycles. The second-order valence-corrected chi connectivity index (χ2v) is 6.97. The monoisotopic (exact) mass is 302 g/mol. The fourth-order valence-corrected chi connectivity index (χ4v) is 3.83. The summed E-state index contributed by atoms with van der Waals surface area (Å²) in [5.74, 6) is 0. The van der Waals surface area contributed by atoms with E-state index < -0.39 is 9.84 Å². The number of halogens is 1. The average Bonchev–Trinajstić information content (AvgIpc) is 2.79. The lowest BCUT2D eigenvalue weighted by Crippen LogP contribution is -2.13. The number of aromatic nitrogens is 1. The van der Waals surface area contributed by atoms with Gasteiger partial charge in [-0.05, 0) is 12.1 Å². The van der Waals surface area contributed by atoms with Gasteiger partial charge in [0.25, 0.3) is 0 Å². The van der Waals surface area contributed by atoms with Crippen molar-refractivity contribution in [2.45, 2.75) is 4.90 Å². The smallest absolute Gasteiger partial charge is 0.189 e. The topological polar surface area (TPSA) is 50.3 Å². The molecule has 0 aliphatic carbocycles. The Balaban J connectivity index is 2.62. The Labute approximate surface area is 115 Å². The normalized spacial score (nSPS) is 11.5. The number of hydrogen-bond acceptors (Lipinski definition) is 5. The zero-order valence-corrected chi connectivity index (χ0v) is 12.2. The quantitative estimate of drug-likeness (QED) is 0.874. The second-order valence-electron chi connectivity index (χ2n) is 3.73. The Morgan fingerprint density at radius 1 is 1.39 bits per heavy atom. The molecular weight excluding hydrogens is 292 g/mol. The van der Waals surface area contributed by atoms with Crippen molar-refractivity contribution in [3.8, 4) is 0 Å². The first-order valence-electron chi connectivity index (χ1n) is 5.03. The summed E-state index contributed by atoms with van der Waals surface area (Å²) in [6.07, 6.45) is 2.81. The van der Waals surface area contributed by atoms with Gasteiger partial charge in [0.1, 0.15) is 4.90 Å². The van der Waals surface area contributed by atoms with Gasteiger partial charge in [-0.2, -0.15) is 0 Å². The zero-order chi connectivity index (χ0) is 13.3. The van der Waals surface area contributed by atoms with Crippen molar-refractivity contribution < 1.29 is 8.42 Å². The van der Waals surface area contributed by atoms with E-state index in [1.165, 1.54) is 11.3 Å². The summed E-state index contributed by atoms with van der Waals surface area (Å²) in [5.41, 5.74) is 0.528. The minimum absolute atomic E-state index is 0.129. The van der Waals surface area contributed by atoms with Crippen LogP contribution in [0.4, 0.5) is 10.8 Å². The minimum atomic E-state index is -3.40. The second kappa shape index (κ2) is 4.87. The first-order valence-corrected chi connectivity index (χ1v) is 8.18. The van der Waals surface area contributed by atoms with E-state index in [0.717, 1.165) is 6.26 Å². The molecule has 0 saturated carbocycles. The van der Waals surface area contributed by atoms with Gasteiger partial charge in [-0.1, -0.05) is 17.7 Å². The van der Waals surface area contributed by atoms with Crippen LogP contribution < -0.4 is 4.90 Å². The lowest BCUT2D eigenvalue weighted by atomic mass is 10.3. The first-order chi connectivity index (χ1) is 8.41. The van der Waals surface area contributed by atoms with Crippen molar-refractivity contribution >= 4 is 43.6 Å². The van der Waals surface area contributed by atoms with Crippen LogP contribution in [-0.4, -0.2) is 26.7 Å². The Hall–Kier alpha value is -1.11. The lowest BCUT2D eigenvalue weighted by molar-refractivity contribution is 0.602. The van der Waals surface area contributed by atoms with Gasteiger partial charge in [0.2, 0.25) is 0 Å². The summed E-state index contributed by atoms with van der Waals surface area (Å²) in [7, 11) is -1.63. The van der Waals surface area contributed by atoms with Gasteiger partial charge in [0.05, 0.1) is 10.7 Å². The van der Waals surface area contributed by atoms with Crippen molar-refractivity contribution in [1.82, 2.24) is 4.98 Å². The molecule has 0 aliphatic rings. The highest BCUT2D eigenvalue weighted by molar-refractivity contribution is 7.91. The van der Waals surface area contributed by atoms with Crippen LogP contribution >= 0.6 is 22.9 Å². The highest BCUT2D eigenvalue weighted by Gasteiger charge is 2.21. The molecule has 4 nitrogen and oxygen atoms in total. The summed E-state index contributed by atoms with van der Waals surface area (Å²) in [6.45, 7) is 0. The van der Waals surface area contributed by atoms with E-state index in [1.54, 1.807) is 36.3 Å². The van der Waals surface area contributed by atoms with Gasteiger partial charge in [-0.25, -0.2) is 13.4 Å². The number of thiazole rings is 1.